The monoisotopic (exact) mass is 461 g/mol. The van der Waals surface area contributed by atoms with Gasteiger partial charge in [0.25, 0.3) is 11.8 Å². The first kappa shape index (κ1) is 23.0. The first-order chi connectivity index (χ1) is 16.4. The fourth-order valence-electron chi connectivity index (χ4n) is 3.68. The van der Waals surface area contributed by atoms with Crippen molar-refractivity contribution < 1.29 is 14.7 Å². The molecule has 3 N–H and O–H groups in total. The maximum atomic E-state index is 12.9. The lowest BCUT2D eigenvalue weighted by atomic mass is 10.2. The Morgan fingerprint density at radius 3 is 2.38 bits per heavy atom. The number of carbonyl (C=O) groups excluding carboxylic acids is 2. The third-order valence-electron chi connectivity index (χ3n) is 5.36. The van der Waals surface area contributed by atoms with E-state index < -0.39 is 5.91 Å². The molecule has 4 heterocycles. The number of nitrogens with zero attached hydrogens (tertiary/aromatic N) is 5. The van der Waals surface area contributed by atoms with Gasteiger partial charge in [0.2, 0.25) is 0 Å². The maximum Gasteiger partial charge on any atom is 0.272 e. The SMILES string of the molecule is CC(C)Nc1cccnc1N1CCN(C(=O)c2ccc(C(=O)Nc3ncccc3O)cn2)CC1. The molecule has 1 aliphatic heterocycles. The summed E-state index contributed by atoms with van der Waals surface area (Å²) in [7, 11) is 0. The zero-order valence-corrected chi connectivity index (χ0v) is 19.1. The largest absolute Gasteiger partial charge is 0.504 e. The molecule has 4 rings (SSSR count). The molecule has 0 bridgehead atoms. The Bertz CT molecular complexity index is 1160. The lowest BCUT2D eigenvalue weighted by Crippen LogP contribution is -2.49. The molecule has 3 aromatic rings. The summed E-state index contributed by atoms with van der Waals surface area (Å²) >= 11 is 0. The average Bonchev–Trinajstić information content (AvgIpc) is 2.85. The van der Waals surface area contributed by atoms with E-state index in [0.29, 0.717) is 26.2 Å². The minimum Gasteiger partial charge on any atom is -0.504 e. The smallest absolute Gasteiger partial charge is 0.272 e. The Morgan fingerprint density at radius 2 is 1.71 bits per heavy atom. The normalized spacial score (nSPS) is 13.6. The molecule has 0 aliphatic carbocycles. The van der Waals surface area contributed by atoms with E-state index in [1.165, 1.54) is 30.6 Å². The Hall–Kier alpha value is -4.21. The number of piperazine rings is 1. The molecular formula is C24H27N7O3. The number of nitrogens with one attached hydrogen (secondary N) is 2. The molecule has 1 aliphatic rings. The van der Waals surface area contributed by atoms with E-state index >= 15 is 0 Å². The number of hydrogen-bond acceptors (Lipinski definition) is 8. The summed E-state index contributed by atoms with van der Waals surface area (Å²) in [6.45, 7) is 6.56. The molecule has 10 heteroatoms. The van der Waals surface area contributed by atoms with Crippen molar-refractivity contribution in [2.45, 2.75) is 19.9 Å². The summed E-state index contributed by atoms with van der Waals surface area (Å²) in [4.78, 5) is 41.9. The van der Waals surface area contributed by atoms with Gasteiger partial charge in [-0.1, -0.05) is 0 Å². The van der Waals surface area contributed by atoms with Crippen molar-refractivity contribution in [2.75, 3.05) is 41.7 Å². The zero-order valence-electron chi connectivity index (χ0n) is 19.1. The van der Waals surface area contributed by atoms with Crippen molar-refractivity contribution >= 4 is 29.1 Å². The molecule has 0 saturated carbocycles. The summed E-state index contributed by atoms with van der Waals surface area (Å²) in [5.74, 6) is 0.152. The molecule has 176 valence electrons. The van der Waals surface area contributed by atoms with Gasteiger partial charge in [0, 0.05) is 50.8 Å². The first-order valence-electron chi connectivity index (χ1n) is 11.1. The number of anilines is 3. The van der Waals surface area contributed by atoms with Gasteiger partial charge in [-0.15, -0.1) is 0 Å². The summed E-state index contributed by atoms with van der Waals surface area (Å²) < 4.78 is 0. The number of aromatic nitrogens is 3. The minimum atomic E-state index is -0.477. The highest BCUT2D eigenvalue weighted by Gasteiger charge is 2.25. The van der Waals surface area contributed by atoms with E-state index in [4.69, 9.17) is 0 Å². The molecule has 0 radical (unpaired) electrons. The topological polar surface area (TPSA) is 124 Å². The number of aromatic hydroxyl groups is 1. The quantitative estimate of drug-likeness (QED) is 0.512. The third kappa shape index (κ3) is 5.22. The van der Waals surface area contributed by atoms with Gasteiger partial charge in [0.05, 0.1) is 11.3 Å². The fraction of sp³-hybridized carbons (Fsp3) is 0.292. The van der Waals surface area contributed by atoms with Crippen LogP contribution in [0.2, 0.25) is 0 Å². The van der Waals surface area contributed by atoms with Crippen LogP contribution in [0.15, 0.2) is 55.0 Å². The highest BCUT2D eigenvalue weighted by molar-refractivity contribution is 6.04. The summed E-state index contributed by atoms with van der Waals surface area (Å²) in [6, 6.07) is 10.3. The average molecular weight is 462 g/mol. The lowest BCUT2D eigenvalue weighted by Gasteiger charge is -2.36. The summed E-state index contributed by atoms with van der Waals surface area (Å²) in [6.07, 6.45) is 4.58. The molecule has 34 heavy (non-hydrogen) atoms. The van der Waals surface area contributed by atoms with E-state index in [1.54, 1.807) is 17.2 Å². The zero-order chi connectivity index (χ0) is 24.1. The van der Waals surface area contributed by atoms with Gasteiger partial charge in [0.1, 0.15) is 5.69 Å². The second kappa shape index (κ2) is 10.2. The standard InChI is InChI=1S/C24H27N7O3/c1-16(2)28-18-5-3-10-26-22(18)30-11-13-31(14-12-30)24(34)19-8-7-17(15-27-19)23(33)29-21-20(32)6-4-9-25-21/h3-10,15-16,28,32H,11-14H2,1-2H3,(H,25,29,33). The van der Waals surface area contributed by atoms with Crippen LogP contribution in [0.1, 0.15) is 34.7 Å². The Labute approximate surface area is 197 Å². The number of amides is 2. The van der Waals surface area contributed by atoms with E-state index in [2.05, 4.69) is 44.3 Å². The molecule has 1 saturated heterocycles. The highest BCUT2D eigenvalue weighted by Crippen LogP contribution is 2.25. The maximum absolute atomic E-state index is 12.9. The van der Waals surface area contributed by atoms with Crippen LogP contribution in [0, 0.1) is 0 Å². The van der Waals surface area contributed by atoms with Crippen molar-refractivity contribution in [3.63, 3.8) is 0 Å². The van der Waals surface area contributed by atoms with Crippen molar-refractivity contribution in [1.29, 1.82) is 0 Å². The molecule has 0 atom stereocenters. The minimum absolute atomic E-state index is 0.0604. The number of pyridine rings is 3. The predicted octanol–water partition coefficient (Wildman–Crippen LogP) is 2.61. The molecule has 3 aromatic heterocycles. The Balaban J connectivity index is 1.36. The van der Waals surface area contributed by atoms with Gasteiger partial charge in [-0.2, -0.15) is 0 Å². The van der Waals surface area contributed by atoms with Gasteiger partial charge in [-0.3, -0.25) is 14.6 Å². The number of hydrogen-bond donors (Lipinski definition) is 3. The predicted molar refractivity (Wildman–Crippen MR) is 129 cm³/mol. The van der Waals surface area contributed by atoms with Gasteiger partial charge in [0.15, 0.2) is 17.4 Å². The molecule has 0 aromatic carbocycles. The summed E-state index contributed by atoms with van der Waals surface area (Å²) in [5.41, 5.74) is 1.50. The Morgan fingerprint density at radius 1 is 0.971 bits per heavy atom. The van der Waals surface area contributed by atoms with E-state index in [1.807, 2.05) is 12.1 Å². The Kier molecular flexibility index (Phi) is 6.86. The van der Waals surface area contributed by atoms with Crippen LogP contribution in [-0.4, -0.2) is 69.0 Å². The van der Waals surface area contributed by atoms with Crippen LogP contribution in [0.5, 0.6) is 5.75 Å². The van der Waals surface area contributed by atoms with E-state index in [0.717, 1.165) is 11.5 Å². The molecule has 0 spiro atoms. The van der Waals surface area contributed by atoms with Crippen LogP contribution >= 0.6 is 0 Å². The third-order valence-corrected chi connectivity index (χ3v) is 5.36. The van der Waals surface area contributed by atoms with Crippen LogP contribution in [0.4, 0.5) is 17.3 Å². The van der Waals surface area contributed by atoms with Crippen molar-refractivity contribution in [3.05, 3.63) is 66.2 Å². The number of carbonyl (C=O) groups is 2. The van der Waals surface area contributed by atoms with Crippen LogP contribution < -0.4 is 15.5 Å². The van der Waals surface area contributed by atoms with E-state index in [9.17, 15) is 14.7 Å². The van der Waals surface area contributed by atoms with Crippen molar-refractivity contribution in [1.82, 2.24) is 19.9 Å². The summed E-state index contributed by atoms with van der Waals surface area (Å²) in [5, 5.41) is 15.7. The highest BCUT2D eigenvalue weighted by atomic mass is 16.3. The van der Waals surface area contributed by atoms with Gasteiger partial charge >= 0.3 is 0 Å². The van der Waals surface area contributed by atoms with Gasteiger partial charge < -0.3 is 25.5 Å². The molecule has 2 amide bonds. The van der Waals surface area contributed by atoms with E-state index in [-0.39, 0.29) is 34.8 Å². The van der Waals surface area contributed by atoms with Crippen LogP contribution in [0.25, 0.3) is 0 Å². The lowest BCUT2D eigenvalue weighted by molar-refractivity contribution is 0.0740. The molecular weight excluding hydrogens is 434 g/mol. The molecule has 0 unspecified atom stereocenters. The van der Waals surface area contributed by atoms with Crippen molar-refractivity contribution in [2.24, 2.45) is 0 Å². The molecule has 1 fully saturated rings. The molecule has 10 nitrogen and oxygen atoms in total. The second-order valence-electron chi connectivity index (χ2n) is 8.21. The van der Waals surface area contributed by atoms with Crippen LogP contribution in [-0.2, 0) is 0 Å². The van der Waals surface area contributed by atoms with Crippen LogP contribution in [0.3, 0.4) is 0 Å². The van der Waals surface area contributed by atoms with Crippen molar-refractivity contribution in [3.8, 4) is 5.75 Å². The van der Waals surface area contributed by atoms with Gasteiger partial charge in [-0.05, 0) is 50.2 Å². The fourth-order valence-corrected chi connectivity index (χ4v) is 3.68. The number of rotatable bonds is 6. The van der Waals surface area contributed by atoms with Gasteiger partial charge in [-0.25, -0.2) is 9.97 Å². The second-order valence-corrected chi connectivity index (χ2v) is 8.21. The first-order valence-corrected chi connectivity index (χ1v) is 11.1.